The summed E-state index contributed by atoms with van der Waals surface area (Å²) in [5.41, 5.74) is 5.07. The van der Waals surface area contributed by atoms with Crippen LogP contribution >= 0.6 is 15.9 Å². The Kier molecular flexibility index (Phi) is 5.53. The highest BCUT2D eigenvalue weighted by molar-refractivity contribution is 9.08. The molecule has 0 saturated carbocycles. The van der Waals surface area contributed by atoms with Crippen molar-refractivity contribution >= 4 is 38.3 Å². The number of rotatable bonds is 5. The van der Waals surface area contributed by atoms with Gasteiger partial charge in [0.25, 0.3) is 0 Å². The molecule has 25 heavy (non-hydrogen) atoms. The number of pyridine rings is 1. The van der Waals surface area contributed by atoms with Gasteiger partial charge in [0, 0.05) is 33.8 Å². The van der Waals surface area contributed by atoms with Gasteiger partial charge in [-0.05, 0) is 56.2 Å². The van der Waals surface area contributed by atoms with E-state index in [-0.39, 0.29) is 4.75 Å². The predicted octanol–water partition coefficient (Wildman–Crippen LogP) is 4.94. The quantitative estimate of drug-likeness (QED) is 0.468. The summed E-state index contributed by atoms with van der Waals surface area (Å²) in [5, 5.41) is 1.87. The van der Waals surface area contributed by atoms with Crippen molar-refractivity contribution in [3.63, 3.8) is 0 Å². The zero-order chi connectivity index (χ0) is 18.0. The molecule has 1 N–H and O–H groups in total. The molecule has 1 unspecified atom stereocenters. The van der Waals surface area contributed by atoms with E-state index in [1.807, 2.05) is 45.0 Å². The highest BCUT2D eigenvalue weighted by atomic mass is 79.9. The molecule has 132 valence electrons. The first kappa shape index (κ1) is 18.5. The molecule has 0 bridgehead atoms. The molecule has 4 nitrogen and oxygen atoms in total. The molecule has 0 aliphatic heterocycles. The molecular weight excluding hydrogens is 400 g/mol. The lowest BCUT2D eigenvalue weighted by Gasteiger charge is -2.23. The number of furan rings is 1. The summed E-state index contributed by atoms with van der Waals surface area (Å²) in [6.45, 7) is 6.31. The minimum Gasteiger partial charge on any atom is -0.598 e. The Labute approximate surface area is 159 Å². The van der Waals surface area contributed by atoms with Crippen LogP contribution in [0.1, 0.15) is 32.0 Å². The maximum Gasteiger partial charge on any atom is 0.136 e. The van der Waals surface area contributed by atoms with Gasteiger partial charge in [0.1, 0.15) is 10.3 Å². The van der Waals surface area contributed by atoms with Crippen LogP contribution < -0.4 is 4.72 Å². The fourth-order valence-corrected chi connectivity index (χ4v) is 3.62. The lowest BCUT2D eigenvalue weighted by molar-refractivity contribution is 0.543. The van der Waals surface area contributed by atoms with E-state index >= 15 is 0 Å². The molecule has 3 rings (SSSR count). The van der Waals surface area contributed by atoms with Gasteiger partial charge in [0.15, 0.2) is 0 Å². The van der Waals surface area contributed by atoms with Crippen LogP contribution in [0, 0.1) is 0 Å². The number of hydrogen-bond donors (Lipinski definition) is 1. The first-order valence-electron chi connectivity index (χ1n) is 8.05. The summed E-state index contributed by atoms with van der Waals surface area (Å²) in [5.74, 6) is 0. The maximum atomic E-state index is 12.1. The van der Waals surface area contributed by atoms with Gasteiger partial charge >= 0.3 is 0 Å². The van der Waals surface area contributed by atoms with Gasteiger partial charge in [-0.2, -0.15) is 0 Å². The first-order chi connectivity index (χ1) is 11.9. The molecule has 0 fully saturated rings. The molecule has 0 aliphatic rings. The minimum atomic E-state index is -1.11. The summed E-state index contributed by atoms with van der Waals surface area (Å²) in [6.07, 6.45) is 3.57. The Bertz CT molecular complexity index is 873. The Balaban J connectivity index is 1.84. The van der Waals surface area contributed by atoms with E-state index in [4.69, 9.17) is 4.42 Å². The van der Waals surface area contributed by atoms with E-state index in [1.165, 1.54) is 0 Å². The predicted molar refractivity (Wildman–Crippen MR) is 107 cm³/mol. The van der Waals surface area contributed by atoms with Crippen molar-refractivity contribution < 1.29 is 8.97 Å². The van der Waals surface area contributed by atoms with Gasteiger partial charge in [-0.3, -0.25) is 4.98 Å². The second kappa shape index (κ2) is 7.50. The maximum absolute atomic E-state index is 12.1. The highest BCUT2D eigenvalue weighted by Gasteiger charge is 2.26. The van der Waals surface area contributed by atoms with Crippen LogP contribution in [0.15, 0.2) is 47.2 Å². The number of aromatic nitrogens is 1. The Morgan fingerprint density at radius 2 is 1.96 bits per heavy atom. The molecule has 0 radical (unpaired) electrons. The van der Waals surface area contributed by atoms with Crippen LogP contribution in [0.4, 0.5) is 0 Å². The fraction of sp³-hybridized carbons (Fsp3) is 0.316. The highest BCUT2D eigenvalue weighted by Crippen LogP contribution is 2.29. The third-order valence-corrected chi connectivity index (χ3v) is 6.01. The molecule has 2 aromatic heterocycles. The Hall–Kier alpha value is -1.34. The van der Waals surface area contributed by atoms with Crippen LogP contribution in [0.2, 0.25) is 0 Å². The zero-order valence-corrected chi connectivity index (χ0v) is 16.9. The second-order valence-corrected chi connectivity index (χ2v) is 9.46. The number of benzene rings is 1. The van der Waals surface area contributed by atoms with Gasteiger partial charge in [0.2, 0.25) is 0 Å². The van der Waals surface area contributed by atoms with Crippen LogP contribution in [0.5, 0.6) is 0 Å². The monoisotopic (exact) mass is 420 g/mol. The van der Waals surface area contributed by atoms with Crippen molar-refractivity contribution in [2.75, 3.05) is 0 Å². The number of nitrogens with one attached hydrogen (secondary N) is 1. The van der Waals surface area contributed by atoms with E-state index in [1.54, 1.807) is 12.5 Å². The average Bonchev–Trinajstić information content (AvgIpc) is 3.01. The van der Waals surface area contributed by atoms with Gasteiger partial charge in [0.05, 0.1) is 18.5 Å². The van der Waals surface area contributed by atoms with Gasteiger partial charge < -0.3 is 8.97 Å². The normalized spacial score (nSPS) is 13.3. The van der Waals surface area contributed by atoms with Crippen molar-refractivity contribution in [2.24, 2.45) is 0 Å². The number of alkyl halides is 1. The third kappa shape index (κ3) is 4.26. The standard InChI is InChI=1S/C19H21BrN2O2S/c1-19(2,3)25(23)22-11-16-8-14(6-7-21-16)13-4-5-18-17(9-13)15(10-20)12-24-18/h4-9,12,22H,10-11H2,1-3H3. The number of halogens is 1. The molecule has 2 heterocycles. The van der Waals surface area contributed by atoms with E-state index < -0.39 is 11.4 Å². The molecular formula is C19H21BrN2O2S. The van der Waals surface area contributed by atoms with Crippen molar-refractivity contribution in [3.8, 4) is 11.1 Å². The Morgan fingerprint density at radius 3 is 2.68 bits per heavy atom. The summed E-state index contributed by atoms with van der Waals surface area (Å²) in [4.78, 5) is 4.38. The number of fused-ring (bicyclic) bond motifs is 1. The van der Waals surface area contributed by atoms with Crippen molar-refractivity contribution in [2.45, 2.75) is 37.4 Å². The molecule has 0 saturated heterocycles. The largest absolute Gasteiger partial charge is 0.598 e. The van der Waals surface area contributed by atoms with Crippen LogP contribution in [0.25, 0.3) is 22.1 Å². The topological polar surface area (TPSA) is 61.1 Å². The number of hydrogen-bond acceptors (Lipinski definition) is 4. The summed E-state index contributed by atoms with van der Waals surface area (Å²) >= 11 is 2.38. The lowest BCUT2D eigenvalue weighted by atomic mass is 10.0. The Morgan fingerprint density at radius 1 is 1.20 bits per heavy atom. The van der Waals surface area contributed by atoms with Gasteiger partial charge in [-0.15, -0.1) is 4.72 Å². The van der Waals surface area contributed by atoms with Gasteiger partial charge in [-0.1, -0.05) is 22.0 Å². The van der Waals surface area contributed by atoms with Crippen molar-refractivity contribution in [1.29, 1.82) is 0 Å². The molecule has 3 aromatic rings. The molecule has 0 aliphatic carbocycles. The number of nitrogens with zero attached hydrogens (tertiary/aromatic N) is 1. The summed E-state index contributed by atoms with van der Waals surface area (Å²) in [6, 6.07) is 10.2. The first-order valence-corrected chi connectivity index (χ1v) is 10.3. The van der Waals surface area contributed by atoms with Crippen LogP contribution in [-0.4, -0.2) is 14.3 Å². The van der Waals surface area contributed by atoms with Crippen molar-refractivity contribution in [1.82, 2.24) is 9.71 Å². The fourth-order valence-electron chi connectivity index (χ4n) is 2.48. The van der Waals surface area contributed by atoms with E-state index in [0.717, 1.165) is 38.7 Å². The third-order valence-electron chi connectivity index (χ3n) is 3.89. The SMILES string of the molecule is CC(C)(C)[S+]([O-])NCc1cc(-c2ccc3occ(CBr)c3c2)ccn1. The lowest BCUT2D eigenvalue weighted by Crippen LogP contribution is -2.39. The molecule has 0 amide bonds. The van der Waals surface area contributed by atoms with E-state index in [2.05, 4.69) is 31.7 Å². The summed E-state index contributed by atoms with van der Waals surface area (Å²) < 4.78 is 20.5. The van der Waals surface area contributed by atoms with E-state index in [0.29, 0.717) is 6.54 Å². The minimum absolute atomic E-state index is 0.296. The molecule has 1 aromatic carbocycles. The summed E-state index contributed by atoms with van der Waals surface area (Å²) in [7, 11) is 0. The van der Waals surface area contributed by atoms with Gasteiger partial charge in [-0.25, -0.2) is 0 Å². The smallest absolute Gasteiger partial charge is 0.136 e. The molecule has 6 heteroatoms. The average molecular weight is 421 g/mol. The van der Waals surface area contributed by atoms with Crippen LogP contribution in [-0.2, 0) is 23.2 Å². The zero-order valence-electron chi connectivity index (χ0n) is 14.5. The van der Waals surface area contributed by atoms with Crippen molar-refractivity contribution in [3.05, 3.63) is 54.0 Å². The molecule has 1 atom stereocenters. The van der Waals surface area contributed by atoms with Crippen LogP contribution in [0.3, 0.4) is 0 Å². The molecule has 0 spiro atoms. The van der Waals surface area contributed by atoms with E-state index in [9.17, 15) is 4.55 Å². The second-order valence-electron chi connectivity index (χ2n) is 6.84.